The van der Waals surface area contributed by atoms with Gasteiger partial charge in [0.25, 0.3) is 10.0 Å². The molecule has 0 spiro atoms. The van der Waals surface area contributed by atoms with Crippen LogP contribution in [0.4, 0.5) is 5.69 Å². The molecule has 0 saturated heterocycles. The Morgan fingerprint density at radius 3 is 2.24 bits per heavy atom. The molecule has 0 aliphatic heterocycles. The highest BCUT2D eigenvalue weighted by Crippen LogP contribution is 2.25. The second-order valence-electron chi connectivity index (χ2n) is 5.73. The first-order valence-electron chi connectivity index (χ1n) is 6.44. The predicted octanol–water partition coefficient (Wildman–Crippen LogP) is 3.83. The van der Waals surface area contributed by atoms with Gasteiger partial charge in [-0.2, -0.15) is 0 Å². The van der Waals surface area contributed by atoms with Gasteiger partial charge in [0, 0.05) is 11.9 Å². The Labute approximate surface area is 130 Å². The van der Waals surface area contributed by atoms with Gasteiger partial charge in [0.2, 0.25) is 0 Å². The molecule has 1 aromatic carbocycles. The number of nitrogens with one attached hydrogen (secondary N) is 1. The lowest BCUT2D eigenvalue weighted by atomic mass is 9.87. The maximum Gasteiger partial charge on any atom is 0.264 e. The normalized spacial score (nSPS) is 12.2. The Morgan fingerprint density at radius 1 is 1.10 bits per heavy atom. The first-order valence-corrected chi connectivity index (χ1v) is 8.30. The summed E-state index contributed by atoms with van der Waals surface area (Å²) in [6, 6.07) is 10.2. The van der Waals surface area contributed by atoms with Crippen LogP contribution in [0.5, 0.6) is 0 Å². The molecule has 112 valence electrons. The van der Waals surface area contributed by atoms with Gasteiger partial charge in [-0.25, -0.2) is 13.4 Å². The van der Waals surface area contributed by atoms with Crippen molar-refractivity contribution in [3.63, 3.8) is 0 Å². The molecular weight excluding hydrogens is 308 g/mol. The fourth-order valence-electron chi connectivity index (χ4n) is 1.82. The van der Waals surface area contributed by atoms with Crippen LogP contribution in [0.1, 0.15) is 26.3 Å². The molecule has 0 atom stereocenters. The quantitative estimate of drug-likeness (QED) is 0.873. The van der Waals surface area contributed by atoms with Crippen LogP contribution in [0.25, 0.3) is 0 Å². The van der Waals surface area contributed by atoms with E-state index in [0.29, 0.717) is 5.69 Å². The van der Waals surface area contributed by atoms with Crippen molar-refractivity contribution in [3.8, 4) is 0 Å². The zero-order valence-corrected chi connectivity index (χ0v) is 13.7. The van der Waals surface area contributed by atoms with Crippen LogP contribution in [0.2, 0.25) is 5.15 Å². The van der Waals surface area contributed by atoms with Gasteiger partial charge >= 0.3 is 0 Å². The highest BCUT2D eigenvalue weighted by molar-refractivity contribution is 7.92. The van der Waals surface area contributed by atoms with Crippen molar-refractivity contribution in [3.05, 3.63) is 53.3 Å². The van der Waals surface area contributed by atoms with Crippen LogP contribution in [-0.2, 0) is 15.4 Å². The van der Waals surface area contributed by atoms with E-state index in [2.05, 4.69) is 30.5 Å². The van der Waals surface area contributed by atoms with Crippen LogP contribution in [0.15, 0.2) is 47.5 Å². The average Bonchev–Trinajstić information content (AvgIpc) is 2.38. The van der Waals surface area contributed by atoms with E-state index >= 15 is 0 Å². The second kappa shape index (κ2) is 5.66. The zero-order valence-electron chi connectivity index (χ0n) is 12.1. The predicted molar refractivity (Wildman–Crippen MR) is 85.2 cm³/mol. The summed E-state index contributed by atoms with van der Waals surface area (Å²) in [5.74, 6) is 0. The molecule has 0 bridgehead atoms. The van der Waals surface area contributed by atoms with Crippen molar-refractivity contribution >= 4 is 27.3 Å². The van der Waals surface area contributed by atoms with Gasteiger partial charge in [-0.15, -0.1) is 0 Å². The molecule has 0 fully saturated rings. The summed E-state index contributed by atoms with van der Waals surface area (Å²) in [6.45, 7) is 6.30. The van der Waals surface area contributed by atoms with Gasteiger partial charge in [0.05, 0.1) is 0 Å². The van der Waals surface area contributed by atoms with Crippen LogP contribution in [0.3, 0.4) is 0 Å². The van der Waals surface area contributed by atoms with Crippen LogP contribution in [-0.4, -0.2) is 13.4 Å². The SMILES string of the molecule is CC(C)(C)c1ccc(NS(=O)(=O)c2cccnc2Cl)cc1. The van der Waals surface area contributed by atoms with Gasteiger partial charge in [-0.3, -0.25) is 4.72 Å². The van der Waals surface area contributed by atoms with Crippen LogP contribution < -0.4 is 4.72 Å². The summed E-state index contributed by atoms with van der Waals surface area (Å²) < 4.78 is 27.0. The fraction of sp³-hybridized carbons (Fsp3) is 0.267. The topological polar surface area (TPSA) is 59.1 Å². The van der Waals surface area contributed by atoms with Crippen molar-refractivity contribution in [1.29, 1.82) is 0 Å². The van der Waals surface area contributed by atoms with E-state index in [-0.39, 0.29) is 15.5 Å². The molecule has 0 saturated carbocycles. The Bertz CT molecular complexity index is 735. The number of nitrogens with zero attached hydrogens (tertiary/aromatic N) is 1. The molecule has 21 heavy (non-hydrogen) atoms. The average molecular weight is 325 g/mol. The first kappa shape index (κ1) is 15.8. The Kier molecular flexibility index (Phi) is 4.25. The van der Waals surface area contributed by atoms with Crippen LogP contribution >= 0.6 is 11.6 Å². The summed E-state index contributed by atoms with van der Waals surface area (Å²) in [5, 5.41) is -0.0451. The molecule has 1 N–H and O–H groups in total. The molecule has 1 heterocycles. The van der Waals surface area contributed by atoms with E-state index < -0.39 is 10.0 Å². The number of rotatable bonds is 3. The number of halogens is 1. The van der Waals surface area contributed by atoms with Gasteiger partial charge < -0.3 is 0 Å². The number of benzene rings is 1. The van der Waals surface area contributed by atoms with Crippen molar-refractivity contribution < 1.29 is 8.42 Å². The Morgan fingerprint density at radius 2 is 1.71 bits per heavy atom. The van der Waals surface area contributed by atoms with Gasteiger partial charge in [0.15, 0.2) is 0 Å². The second-order valence-corrected chi connectivity index (χ2v) is 7.73. The highest BCUT2D eigenvalue weighted by Gasteiger charge is 2.19. The van der Waals surface area contributed by atoms with Crippen molar-refractivity contribution in [2.75, 3.05) is 4.72 Å². The first-order chi connectivity index (χ1) is 9.70. The molecule has 0 unspecified atom stereocenters. The zero-order chi connectivity index (χ0) is 15.7. The van der Waals surface area contributed by atoms with Gasteiger partial charge in [-0.05, 0) is 35.2 Å². The summed E-state index contributed by atoms with van der Waals surface area (Å²) >= 11 is 5.83. The molecular formula is C15H17ClN2O2S. The van der Waals surface area contributed by atoms with Crippen molar-refractivity contribution in [2.24, 2.45) is 0 Å². The Balaban J connectivity index is 2.28. The largest absolute Gasteiger partial charge is 0.280 e. The van der Waals surface area contributed by atoms with Crippen molar-refractivity contribution in [2.45, 2.75) is 31.1 Å². The van der Waals surface area contributed by atoms with E-state index in [1.165, 1.54) is 18.3 Å². The van der Waals surface area contributed by atoms with Crippen LogP contribution in [0, 0.1) is 0 Å². The number of hydrogen-bond acceptors (Lipinski definition) is 3. The molecule has 0 amide bonds. The Hall–Kier alpha value is -1.59. The summed E-state index contributed by atoms with van der Waals surface area (Å²) in [7, 11) is -3.74. The standard InChI is InChI=1S/C15H17ClN2O2S/c1-15(2,3)11-6-8-12(9-7-11)18-21(19,20)13-5-4-10-17-14(13)16/h4-10,18H,1-3H3. The van der Waals surface area contributed by atoms with Gasteiger partial charge in [0.1, 0.15) is 10.0 Å². The van der Waals surface area contributed by atoms with E-state index in [0.717, 1.165) is 5.56 Å². The lowest BCUT2D eigenvalue weighted by Gasteiger charge is -2.19. The lowest BCUT2D eigenvalue weighted by molar-refractivity contribution is 0.590. The summed E-state index contributed by atoms with van der Waals surface area (Å²) in [5.41, 5.74) is 1.64. The number of hydrogen-bond donors (Lipinski definition) is 1. The van der Waals surface area contributed by atoms with E-state index in [4.69, 9.17) is 11.6 Å². The minimum absolute atomic E-state index is 0.0179. The molecule has 1 aromatic heterocycles. The van der Waals surface area contributed by atoms with E-state index in [9.17, 15) is 8.42 Å². The molecule has 0 aliphatic rings. The molecule has 4 nitrogen and oxygen atoms in total. The smallest absolute Gasteiger partial charge is 0.264 e. The molecule has 2 rings (SSSR count). The fourth-order valence-corrected chi connectivity index (χ4v) is 3.33. The number of sulfonamides is 1. The van der Waals surface area contributed by atoms with E-state index in [1.54, 1.807) is 12.1 Å². The highest BCUT2D eigenvalue weighted by atomic mass is 35.5. The number of aromatic nitrogens is 1. The monoisotopic (exact) mass is 324 g/mol. The van der Waals surface area contributed by atoms with Crippen molar-refractivity contribution in [1.82, 2.24) is 4.98 Å². The maximum atomic E-state index is 12.3. The molecule has 2 aromatic rings. The third-order valence-corrected chi connectivity index (χ3v) is 4.84. The summed E-state index contributed by atoms with van der Waals surface area (Å²) in [6.07, 6.45) is 1.44. The number of pyridine rings is 1. The lowest BCUT2D eigenvalue weighted by Crippen LogP contribution is -2.15. The third kappa shape index (κ3) is 3.74. The minimum atomic E-state index is -3.74. The number of anilines is 1. The molecule has 6 heteroatoms. The molecule has 0 radical (unpaired) electrons. The summed E-state index contributed by atoms with van der Waals surface area (Å²) in [4.78, 5) is 3.74. The third-order valence-electron chi connectivity index (χ3n) is 3.02. The molecule has 0 aliphatic carbocycles. The van der Waals surface area contributed by atoms with E-state index in [1.807, 2.05) is 12.1 Å². The maximum absolute atomic E-state index is 12.3. The minimum Gasteiger partial charge on any atom is -0.280 e. The van der Waals surface area contributed by atoms with Gasteiger partial charge in [-0.1, -0.05) is 44.5 Å².